The van der Waals surface area contributed by atoms with Crippen LogP contribution in [0.3, 0.4) is 0 Å². The van der Waals surface area contributed by atoms with Gasteiger partial charge >= 0.3 is 0 Å². The van der Waals surface area contributed by atoms with Crippen molar-refractivity contribution in [3.05, 3.63) is 42.4 Å². The number of morpholine rings is 1. The Bertz CT molecular complexity index is 1230. The van der Waals surface area contributed by atoms with Gasteiger partial charge in [0.15, 0.2) is 11.5 Å². The Morgan fingerprint density at radius 1 is 0.970 bits per heavy atom. The molecule has 33 heavy (non-hydrogen) atoms. The second-order valence-corrected chi connectivity index (χ2v) is 10.6. The van der Waals surface area contributed by atoms with Crippen LogP contribution in [0.25, 0.3) is 16.9 Å². The van der Waals surface area contributed by atoms with Crippen molar-refractivity contribution in [3.63, 3.8) is 0 Å². The van der Waals surface area contributed by atoms with Crippen molar-refractivity contribution in [3.8, 4) is 11.3 Å². The number of aromatic nitrogens is 3. The lowest BCUT2D eigenvalue weighted by Crippen LogP contribution is -2.47. The van der Waals surface area contributed by atoms with Gasteiger partial charge in [0, 0.05) is 69.5 Å². The lowest BCUT2D eigenvalue weighted by atomic mass is 10.1. The maximum atomic E-state index is 11.8. The van der Waals surface area contributed by atoms with Crippen LogP contribution in [0.1, 0.15) is 5.69 Å². The van der Waals surface area contributed by atoms with Crippen LogP contribution in [0, 0.1) is 0 Å². The zero-order valence-electron chi connectivity index (χ0n) is 18.7. The maximum absolute atomic E-state index is 11.8. The van der Waals surface area contributed by atoms with E-state index in [0.717, 1.165) is 41.5 Å². The molecular weight excluding hydrogens is 442 g/mol. The summed E-state index contributed by atoms with van der Waals surface area (Å²) in [6.07, 6.45) is 5.32. The van der Waals surface area contributed by atoms with Crippen LogP contribution in [-0.2, 0) is 21.3 Å². The van der Waals surface area contributed by atoms with Gasteiger partial charge in [-0.1, -0.05) is 12.1 Å². The minimum atomic E-state index is -3.14. The Kier molecular flexibility index (Phi) is 5.95. The number of anilines is 2. The van der Waals surface area contributed by atoms with Gasteiger partial charge in [0.2, 0.25) is 10.0 Å². The Labute approximate surface area is 193 Å². The van der Waals surface area contributed by atoms with Crippen molar-refractivity contribution in [2.75, 3.05) is 69.4 Å². The predicted octanol–water partition coefficient (Wildman–Crippen LogP) is 0.892. The monoisotopic (exact) mass is 471 g/mol. The molecule has 1 aromatic carbocycles. The molecule has 2 aliphatic heterocycles. The highest BCUT2D eigenvalue weighted by atomic mass is 32.2. The van der Waals surface area contributed by atoms with Gasteiger partial charge in [0.05, 0.1) is 30.9 Å². The van der Waals surface area contributed by atoms with Gasteiger partial charge in [-0.25, -0.2) is 18.4 Å². The summed E-state index contributed by atoms with van der Waals surface area (Å²) in [6, 6.07) is 7.72. The summed E-state index contributed by atoms with van der Waals surface area (Å²) < 4.78 is 32.7. The summed E-state index contributed by atoms with van der Waals surface area (Å²) >= 11 is 0. The topological polar surface area (TPSA) is 109 Å². The SMILES string of the molecule is CS(=O)(=O)N1CCN(Cc2cn3cc(-c4ccc(N)cc4)nc(N4CCOCC4)c3n2)CC1. The number of rotatable bonds is 5. The van der Waals surface area contributed by atoms with Crippen LogP contribution in [-0.4, -0.2) is 90.7 Å². The van der Waals surface area contributed by atoms with Crippen molar-refractivity contribution < 1.29 is 13.2 Å². The molecule has 3 aromatic rings. The molecule has 0 amide bonds. The number of nitrogen functional groups attached to an aromatic ring is 1. The molecule has 0 atom stereocenters. The van der Waals surface area contributed by atoms with E-state index in [-0.39, 0.29) is 0 Å². The zero-order chi connectivity index (χ0) is 23.0. The van der Waals surface area contributed by atoms with E-state index >= 15 is 0 Å². The van der Waals surface area contributed by atoms with E-state index in [0.29, 0.717) is 51.6 Å². The predicted molar refractivity (Wildman–Crippen MR) is 128 cm³/mol. The van der Waals surface area contributed by atoms with E-state index in [9.17, 15) is 8.42 Å². The number of nitrogens with zero attached hydrogens (tertiary/aromatic N) is 6. The van der Waals surface area contributed by atoms with Gasteiger partial charge in [-0.15, -0.1) is 0 Å². The van der Waals surface area contributed by atoms with Gasteiger partial charge in [0.1, 0.15) is 0 Å². The first-order chi connectivity index (χ1) is 15.9. The molecule has 2 aromatic heterocycles. The molecular formula is C22H29N7O3S. The molecule has 0 unspecified atom stereocenters. The second-order valence-electron chi connectivity index (χ2n) is 8.57. The number of hydrogen-bond acceptors (Lipinski definition) is 8. The fourth-order valence-corrected chi connectivity index (χ4v) is 5.16. The minimum absolute atomic E-state index is 0.508. The molecule has 4 heterocycles. The smallest absolute Gasteiger partial charge is 0.211 e. The highest BCUT2D eigenvalue weighted by molar-refractivity contribution is 7.88. The van der Waals surface area contributed by atoms with Crippen molar-refractivity contribution in [2.24, 2.45) is 0 Å². The van der Waals surface area contributed by atoms with Gasteiger partial charge in [-0.2, -0.15) is 4.31 Å². The molecule has 2 saturated heterocycles. The number of ether oxygens (including phenoxy) is 1. The van der Waals surface area contributed by atoms with Crippen molar-refractivity contribution in [1.82, 2.24) is 23.6 Å². The summed E-state index contributed by atoms with van der Waals surface area (Å²) in [4.78, 5) is 14.4. The lowest BCUT2D eigenvalue weighted by molar-refractivity contribution is 0.122. The van der Waals surface area contributed by atoms with Crippen LogP contribution in [0.15, 0.2) is 36.7 Å². The first-order valence-corrected chi connectivity index (χ1v) is 13.0. The standard InChI is InChI=1S/C22H29N7O3S/c1-33(30,31)29-8-6-26(7-9-29)14-19-15-28-16-20(17-2-4-18(23)5-3-17)25-22(21(28)24-19)27-10-12-32-13-11-27/h2-5,15-16H,6-14,23H2,1H3. The molecule has 11 heteroatoms. The third kappa shape index (κ3) is 4.81. The Morgan fingerprint density at radius 3 is 2.33 bits per heavy atom. The summed E-state index contributed by atoms with van der Waals surface area (Å²) in [5.74, 6) is 0.848. The van der Waals surface area contributed by atoms with Crippen molar-refractivity contribution in [1.29, 1.82) is 0 Å². The van der Waals surface area contributed by atoms with Crippen LogP contribution in [0.2, 0.25) is 0 Å². The molecule has 176 valence electrons. The van der Waals surface area contributed by atoms with E-state index in [2.05, 4.69) is 9.80 Å². The van der Waals surface area contributed by atoms with Crippen molar-refractivity contribution in [2.45, 2.75) is 6.54 Å². The molecule has 0 spiro atoms. The van der Waals surface area contributed by atoms with E-state index < -0.39 is 10.0 Å². The fourth-order valence-electron chi connectivity index (χ4n) is 4.34. The molecule has 10 nitrogen and oxygen atoms in total. The quantitative estimate of drug-likeness (QED) is 0.547. The molecule has 2 aliphatic rings. The number of benzene rings is 1. The third-order valence-corrected chi connectivity index (χ3v) is 7.48. The van der Waals surface area contributed by atoms with Gasteiger partial charge in [-0.3, -0.25) is 4.90 Å². The number of hydrogen-bond donors (Lipinski definition) is 1. The average molecular weight is 472 g/mol. The van der Waals surface area contributed by atoms with E-state index in [1.165, 1.54) is 10.6 Å². The molecule has 2 fully saturated rings. The minimum Gasteiger partial charge on any atom is -0.399 e. The lowest BCUT2D eigenvalue weighted by Gasteiger charge is -2.32. The van der Waals surface area contributed by atoms with E-state index in [4.69, 9.17) is 20.4 Å². The molecule has 0 saturated carbocycles. The van der Waals surface area contributed by atoms with Crippen LogP contribution in [0.5, 0.6) is 0 Å². The molecule has 0 radical (unpaired) electrons. The highest BCUT2D eigenvalue weighted by Gasteiger charge is 2.25. The normalized spacial score (nSPS) is 18.8. The van der Waals surface area contributed by atoms with E-state index in [1.54, 1.807) is 0 Å². The Hall–Kier alpha value is -2.73. The largest absolute Gasteiger partial charge is 0.399 e. The maximum Gasteiger partial charge on any atom is 0.211 e. The first kappa shape index (κ1) is 22.1. The summed E-state index contributed by atoms with van der Waals surface area (Å²) in [6.45, 7) is 5.92. The van der Waals surface area contributed by atoms with Crippen molar-refractivity contribution >= 4 is 27.2 Å². The van der Waals surface area contributed by atoms with Crippen LogP contribution < -0.4 is 10.6 Å². The number of piperazine rings is 1. The molecule has 2 N–H and O–H groups in total. The summed E-state index contributed by atoms with van der Waals surface area (Å²) in [7, 11) is -3.14. The van der Waals surface area contributed by atoms with E-state index in [1.807, 2.05) is 41.1 Å². The van der Waals surface area contributed by atoms with Crippen LogP contribution >= 0.6 is 0 Å². The second kappa shape index (κ2) is 8.90. The number of imidazole rings is 1. The highest BCUT2D eigenvalue weighted by Crippen LogP contribution is 2.27. The average Bonchev–Trinajstić information content (AvgIpc) is 3.21. The zero-order valence-corrected chi connectivity index (χ0v) is 19.5. The fraction of sp³-hybridized carbons (Fsp3) is 0.455. The van der Waals surface area contributed by atoms with Crippen LogP contribution in [0.4, 0.5) is 11.5 Å². The number of nitrogens with two attached hydrogens (primary N) is 1. The summed E-state index contributed by atoms with van der Waals surface area (Å²) in [5.41, 5.74) is 10.2. The molecule has 0 aliphatic carbocycles. The first-order valence-electron chi connectivity index (χ1n) is 11.1. The Balaban J connectivity index is 1.45. The van der Waals surface area contributed by atoms with Gasteiger partial charge in [-0.05, 0) is 12.1 Å². The number of sulfonamides is 1. The molecule has 5 rings (SSSR count). The summed E-state index contributed by atoms with van der Waals surface area (Å²) in [5, 5.41) is 0. The number of fused-ring (bicyclic) bond motifs is 1. The molecule has 0 bridgehead atoms. The third-order valence-electron chi connectivity index (χ3n) is 6.17. The Morgan fingerprint density at radius 2 is 1.67 bits per heavy atom. The van der Waals surface area contributed by atoms with Gasteiger partial charge < -0.3 is 19.8 Å². The van der Waals surface area contributed by atoms with Gasteiger partial charge in [0.25, 0.3) is 0 Å².